The maximum atomic E-state index is 11.6. The Morgan fingerprint density at radius 2 is 2.33 bits per heavy atom. The quantitative estimate of drug-likeness (QED) is 0.593. The number of carbonyl (C=O) groups is 1. The molecule has 0 aliphatic carbocycles. The first-order valence-electron chi connectivity index (χ1n) is 4.61. The Hall–Kier alpha value is -0.630. The van der Waals surface area contributed by atoms with E-state index in [9.17, 15) is 4.79 Å². The molecule has 0 N–H and O–H groups in total. The fraction of sp³-hybridized carbons (Fsp3) is 0.700. The monoisotopic (exact) mass is 167 g/mol. The van der Waals surface area contributed by atoms with Gasteiger partial charge in [0.05, 0.1) is 6.04 Å². The Kier molecular flexibility index (Phi) is 3.04. The van der Waals surface area contributed by atoms with Gasteiger partial charge >= 0.3 is 0 Å². The maximum Gasteiger partial charge on any atom is 0.156 e. The first kappa shape index (κ1) is 9.46. The molecular weight excluding hydrogens is 150 g/mol. The van der Waals surface area contributed by atoms with E-state index in [1.807, 2.05) is 19.9 Å². The largest absolute Gasteiger partial charge is 0.297 e. The summed E-state index contributed by atoms with van der Waals surface area (Å²) in [6.07, 6.45) is 4.10. The van der Waals surface area contributed by atoms with E-state index in [0.29, 0.717) is 5.78 Å². The van der Waals surface area contributed by atoms with Gasteiger partial charge in [0.25, 0.3) is 0 Å². The van der Waals surface area contributed by atoms with Crippen LogP contribution in [0.1, 0.15) is 20.8 Å². The van der Waals surface area contributed by atoms with Gasteiger partial charge in [-0.2, -0.15) is 0 Å². The smallest absolute Gasteiger partial charge is 0.156 e. The van der Waals surface area contributed by atoms with Crippen LogP contribution in [0.4, 0.5) is 0 Å². The van der Waals surface area contributed by atoms with Crippen molar-refractivity contribution in [2.45, 2.75) is 26.8 Å². The first-order valence-corrected chi connectivity index (χ1v) is 4.61. The van der Waals surface area contributed by atoms with Crippen LogP contribution in [0.2, 0.25) is 0 Å². The Labute approximate surface area is 74.2 Å². The Morgan fingerprint density at radius 1 is 1.67 bits per heavy atom. The van der Waals surface area contributed by atoms with Crippen molar-refractivity contribution in [3.63, 3.8) is 0 Å². The number of hydrogen-bond donors (Lipinski definition) is 0. The second-order valence-corrected chi connectivity index (χ2v) is 3.52. The molecule has 1 unspecified atom stereocenters. The highest BCUT2D eigenvalue weighted by Gasteiger charge is 2.26. The van der Waals surface area contributed by atoms with Crippen molar-refractivity contribution in [3.05, 3.63) is 12.2 Å². The second kappa shape index (κ2) is 3.85. The summed E-state index contributed by atoms with van der Waals surface area (Å²) in [4.78, 5) is 13.8. The lowest BCUT2D eigenvalue weighted by Gasteiger charge is -2.22. The number of rotatable bonds is 3. The zero-order valence-corrected chi connectivity index (χ0v) is 8.08. The highest BCUT2D eigenvalue weighted by atomic mass is 16.1. The molecule has 1 rings (SSSR count). The SMILES string of the molecule is CCN1CC=CC1C(=O)C(C)C. The van der Waals surface area contributed by atoms with Crippen molar-refractivity contribution < 1.29 is 4.79 Å². The highest BCUT2D eigenvalue weighted by molar-refractivity contribution is 5.87. The van der Waals surface area contributed by atoms with Gasteiger partial charge in [0, 0.05) is 12.5 Å². The van der Waals surface area contributed by atoms with Crippen LogP contribution >= 0.6 is 0 Å². The van der Waals surface area contributed by atoms with Crippen molar-refractivity contribution in [1.82, 2.24) is 4.90 Å². The number of hydrogen-bond acceptors (Lipinski definition) is 2. The first-order chi connectivity index (χ1) is 5.66. The lowest BCUT2D eigenvalue weighted by atomic mass is 10.0. The van der Waals surface area contributed by atoms with Crippen LogP contribution in [-0.4, -0.2) is 29.8 Å². The van der Waals surface area contributed by atoms with Gasteiger partial charge in [-0.3, -0.25) is 9.69 Å². The molecule has 0 spiro atoms. The van der Waals surface area contributed by atoms with Crippen molar-refractivity contribution in [1.29, 1.82) is 0 Å². The van der Waals surface area contributed by atoms with Gasteiger partial charge < -0.3 is 0 Å². The van der Waals surface area contributed by atoms with Crippen molar-refractivity contribution >= 4 is 5.78 Å². The van der Waals surface area contributed by atoms with E-state index < -0.39 is 0 Å². The standard InChI is InChI=1S/C10H17NO/c1-4-11-7-5-6-9(11)10(12)8(2)3/h5-6,8-9H,4,7H2,1-3H3. The topological polar surface area (TPSA) is 20.3 Å². The van der Waals surface area contributed by atoms with Crippen LogP contribution in [0.15, 0.2) is 12.2 Å². The number of Topliss-reactive ketones (excluding diaryl/α,β-unsaturated/α-hetero) is 1. The van der Waals surface area contributed by atoms with E-state index in [-0.39, 0.29) is 12.0 Å². The summed E-state index contributed by atoms with van der Waals surface area (Å²) in [5.74, 6) is 0.484. The van der Waals surface area contributed by atoms with Crippen LogP contribution < -0.4 is 0 Å². The molecule has 2 heteroatoms. The predicted octanol–water partition coefficient (Wildman–Crippen LogP) is 1.47. The molecule has 12 heavy (non-hydrogen) atoms. The van der Waals surface area contributed by atoms with Crippen LogP contribution in [0.3, 0.4) is 0 Å². The molecule has 0 amide bonds. The summed E-state index contributed by atoms with van der Waals surface area (Å²) in [5, 5.41) is 0. The molecule has 68 valence electrons. The zero-order valence-electron chi connectivity index (χ0n) is 8.08. The molecule has 0 saturated heterocycles. The van der Waals surface area contributed by atoms with Crippen LogP contribution in [0, 0.1) is 5.92 Å². The lowest BCUT2D eigenvalue weighted by Crippen LogP contribution is -2.38. The number of carbonyl (C=O) groups excluding carboxylic acids is 1. The fourth-order valence-electron chi connectivity index (χ4n) is 1.50. The molecule has 0 radical (unpaired) electrons. The summed E-state index contributed by atoms with van der Waals surface area (Å²) in [6.45, 7) is 7.90. The molecule has 1 heterocycles. The normalized spacial score (nSPS) is 23.8. The summed E-state index contributed by atoms with van der Waals surface area (Å²) >= 11 is 0. The summed E-state index contributed by atoms with van der Waals surface area (Å²) < 4.78 is 0. The van der Waals surface area contributed by atoms with E-state index in [1.165, 1.54) is 0 Å². The predicted molar refractivity (Wildman–Crippen MR) is 50.0 cm³/mol. The summed E-state index contributed by atoms with van der Waals surface area (Å²) in [7, 11) is 0. The van der Waals surface area contributed by atoms with E-state index in [1.54, 1.807) is 0 Å². The minimum absolute atomic E-state index is 0.0509. The van der Waals surface area contributed by atoms with Crippen molar-refractivity contribution in [2.24, 2.45) is 5.92 Å². The molecule has 0 aromatic rings. The van der Waals surface area contributed by atoms with Gasteiger partial charge in [0.1, 0.15) is 0 Å². The molecule has 1 aliphatic rings. The van der Waals surface area contributed by atoms with Gasteiger partial charge in [-0.05, 0) is 6.54 Å². The third-order valence-corrected chi connectivity index (χ3v) is 2.32. The van der Waals surface area contributed by atoms with Gasteiger partial charge in [-0.15, -0.1) is 0 Å². The van der Waals surface area contributed by atoms with Crippen molar-refractivity contribution in [2.75, 3.05) is 13.1 Å². The molecule has 1 aliphatic heterocycles. The zero-order chi connectivity index (χ0) is 9.14. The third kappa shape index (κ3) is 1.75. The average Bonchev–Trinajstić information content (AvgIpc) is 2.49. The Balaban J connectivity index is 2.61. The minimum Gasteiger partial charge on any atom is -0.297 e. The summed E-state index contributed by atoms with van der Waals surface area (Å²) in [5.41, 5.74) is 0. The van der Waals surface area contributed by atoms with Crippen LogP contribution in [0.5, 0.6) is 0 Å². The lowest BCUT2D eigenvalue weighted by molar-refractivity contribution is -0.125. The Morgan fingerprint density at radius 3 is 2.83 bits per heavy atom. The van der Waals surface area contributed by atoms with Gasteiger partial charge in [0.2, 0.25) is 0 Å². The van der Waals surface area contributed by atoms with E-state index in [4.69, 9.17) is 0 Å². The molecule has 0 fully saturated rings. The Bertz CT molecular complexity index is 196. The molecule has 0 aromatic carbocycles. The fourth-order valence-corrected chi connectivity index (χ4v) is 1.50. The van der Waals surface area contributed by atoms with E-state index >= 15 is 0 Å². The number of likely N-dealkylation sites (N-methyl/N-ethyl adjacent to an activating group) is 1. The van der Waals surface area contributed by atoms with Gasteiger partial charge in [-0.25, -0.2) is 0 Å². The molecular formula is C10H17NO. The highest BCUT2D eigenvalue weighted by Crippen LogP contribution is 2.13. The average molecular weight is 167 g/mol. The summed E-state index contributed by atoms with van der Waals surface area (Å²) in [6, 6.07) is 0.0509. The molecule has 1 atom stereocenters. The maximum absolute atomic E-state index is 11.6. The van der Waals surface area contributed by atoms with Crippen LogP contribution in [0.25, 0.3) is 0 Å². The van der Waals surface area contributed by atoms with E-state index in [0.717, 1.165) is 13.1 Å². The van der Waals surface area contributed by atoms with Crippen molar-refractivity contribution in [3.8, 4) is 0 Å². The third-order valence-electron chi connectivity index (χ3n) is 2.32. The second-order valence-electron chi connectivity index (χ2n) is 3.52. The number of ketones is 1. The minimum atomic E-state index is 0.0509. The molecule has 0 bridgehead atoms. The molecule has 2 nitrogen and oxygen atoms in total. The van der Waals surface area contributed by atoms with Gasteiger partial charge in [-0.1, -0.05) is 32.9 Å². The van der Waals surface area contributed by atoms with E-state index in [2.05, 4.69) is 17.9 Å². The molecule has 0 aromatic heterocycles. The van der Waals surface area contributed by atoms with Crippen LogP contribution in [-0.2, 0) is 4.79 Å². The molecule has 0 saturated carbocycles. The number of nitrogens with zero attached hydrogens (tertiary/aromatic N) is 1. The van der Waals surface area contributed by atoms with Gasteiger partial charge in [0.15, 0.2) is 5.78 Å².